The van der Waals surface area contributed by atoms with Gasteiger partial charge in [-0.25, -0.2) is 0 Å². The largest absolute Gasteiger partial charge is 0.490 e. The molecule has 0 spiro atoms. The number of hydrogen-bond donors (Lipinski definition) is 0. The van der Waals surface area contributed by atoms with Crippen molar-refractivity contribution in [3.05, 3.63) is 29.8 Å². The van der Waals surface area contributed by atoms with Gasteiger partial charge in [0.2, 0.25) is 0 Å². The van der Waals surface area contributed by atoms with E-state index in [1.807, 2.05) is 0 Å². The molecule has 0 amide bonds. The predicted molar refractivity (Wildman–Crippen MR) is 87.8 cm³/mol. The monoisotopic (exact) mass is 290 g/mol. The second-order valence-corrected chi connectivity index (χ2v) is 6.89. The van der Waals surface area contributed by atoms with Crippen molar-refractivity contribution >= 4 is 0 Å². The molecule has 1 aromatic rings. The Hall–Kier alpha value is -1.02. The quantitative estimate of drug-likeness (QED) is 0.587. The molecule has 1 aromatic carbocycles. The third kappa shape index (κ3) is 4.23. The average Bonchev–Trinajstić information content (AvgIpc) is 2.47. The maximum absolute atomic E-state index is 6.11. The van der Waals surface area contributed by atoms with Crippen molar-refractivity contribution in [2.75, 3.05) is 6.61 Å². The van der Waals surface area contributed by atoms with Crippen LogP contribution in [0.5, 0.6) is 5.75 Å². The van der Waals surface area contributed by atoms with E-state index >= 15 is 0 Å². The Labute approximate surface area is 129 Å². The minimum Gasteiger partial charge on any atom is -0.490 e. The first-order valence-corrected chi connectivity index (χ1v) is 8.45. The molecule has 0 radical (unpaired) electrons. The molecule has 21 heavy (non-hydrogen) atoms. The Balaban J connectivity index is 1.89. The number of rotatable bonds is 8. The van der Waals surface area contributed by atoms with E-state index in [0.29, 0.717) is 6.10 Å². The van der Waals surface area contributed by atoms with Crippen LogP contribution in [0, 0.1) is 5.41 Å². The normalized spacial score (nSPS) is 21.6. The first-order valence-electron chi connectivity index (χ1n) is 8.45. The summed E-state index contributed by atoms with van der Waals surface area (Å²) in [4.78, 5) is 0. The molecule has 1 heterocycles. The van der Waals surface area contributed by atoms with Crippen molar-refractivity contribution in [2.45, 2.75) is 72.0 Å². The zero-order valence-electron chi connectivity index (χ0n) is 14.0. The maximum atomic E-state index is 6.11. The molecule has 0 bridgehead atoms. The fourth-order valence-corrected chi connectivity index (χ4v) is 2.93. The van der Waals surface area contributed by atoms with E-state index in [1.165, 1.54) is 24.8 Å². The van der Waals surface area contributed by atoms with Gasteiger partial charge in [-0.1, -0.05) is 52.7 Å². The standard InChI is InChI=1S/C19H30O2/c1-5-7-8-9-16(6-2)21-17-12-10-15(11-13-17)18-19(3,4)14-20-18/h10-13,16,18H,5-9,14H2,1-4H3. The summed E-state index contributed by atoms with van der Waals surface area (Å²) in [6, 6.07) is 8.49. The summed E-state index contributed by atoms with van der Waals surface area (Å²) in [5, 5.41) is 0. The van der Waals surface area contributed by atoms with Gasteiger partial charge in [0.05, 0.1) is 18.8 Å². The highest BCUT2D eigenvalue weighted by Gasteiger charge is 2.40. The fraction of sp³-hybridized carbons (Fsp3) is 0.684. The van der Waals surface area contributed by atoms with Crippen LogP contribution < -0.4 is 4.74 Å². The molecular weight excluding hydrogens is 260 g/mol. The van der Waals surface area contributed by atoms with Crippen LogP contribution >= 0.6 is 0 Å². The maximum Gasteiger partial charge on any atom is 0.119 e. The molecule has 2 rings (SSSR count). The highest BCUT2D eigenvalue weighted by atomic mass is 16.5. The SMILES string of the molecule is CCCCCC(CC)Oc1ccc(C2OCC2(C)C)cc1. The summed E-state index contributed by atoms with van der Waals surface area (Å²) in [5.41, 5.74) is 1.52. The van der Waals surface area contributed by atoms with Gasteiger partial charge >= 0.3 is 0 Å². The molecule has 1 fully saturated rings. The van der Waals surface area contributed by atoms with Crippen LogP contribution in [0.15, 0.2) is 24.3 Å². The Bertz CT molecular complexity index is 422. The van der Waals surface area contributed by atoms with E-state index in [1.54, 1.807) is 0 Å². The predicted octanol–water partition coefficient (Wildman–Crippen LogP) is 5.52. The molecule has 1 aliphatic heterocycles. The van der Waals surface area contributed by atoms with Gasteiger partial charge < -0.3 is 9.47 Å². The van der Waals surface area contributed by atoms with Crippen molar-refractivity contribution < 1.29 is 9.47 Å². The molecule has 2 unspecified atom stereocenters. The van der Waals surface area contributed by atoms with Gasteiger partial charge in [0.1, 0.15) is 5.75 Å². The first-order chi connectivity index (χ1) is 10.1. The van der Waals surface area contributed by atoms with Crippen LogP contribution in [0.4, 0.5) is 0 Å². The smallest absolute Gasteiger partial charge is 0.119 e. The van der Waals surface area contributed by atoms with Crippen LogP contribution in [0.1, 0.15) is 71.5 Å². The number of ether oxygens (including phenoxy) is 2. The van der Waals surface area contributed by atoms with Crippen molar-refractivity contribution in [1.29, 1.82) is 0 Å². The third-order valence-corrected chi connectivity index (χ3v) is 4.40. The second kappa shape index (κ2) is 7.31. The van der Waals surface area contributed by atoms with E-state index in [4.69, 9.17) is 9.47 Å². The zero-order valence-corrected chi connectivity index (χ0v) is 14.0. The number of benzene rings is 1. The topological polar surface area (TPSA) is 18.5 Å². The highest BCUT2D eigenvalue weighted by molar-refractivity contribution is 5.30. The molecule has 0 N–H and O–H groups in total. The minimum absolute atomic E-state index is 0.234. The van der Waals surface area contributed by atoms with Crippen molar-refractivity contribution in [3.63, 3.8) is 0 Å². The van der Waals surface area contributed by atoms with Crippen molar-refractivity contribution in [1.82, 2.24) is 0 Å². The van der Waals surface area contributed by atoms with E-state index in [2.05, 4.69) is 52.0 Å². The van der Waals surface area contributed by atoms with Crippen molar-refractivity contribution in [2.24, 2.45) is 5.41 Å². The van der Waals surface area contributed by atoms with Crippen LogP contribution in [0.25, 0.3) is 0 Å². The van der Waals surface area contributed by atoms with Crippen LogP contribution in [0.2, 0.25) is 0 Å². The van der Waals surface area contributed by atoms with Gasteiger partial charge in [0.25, 0.3) is 0 Å². The van der Waals surface area contributed by atoms with Crippen LogP contribution in [0.3, 0.4) is 0 Å². The molecule has 0 aliphatic carbocycles. The lowest BCUT2D eigenvalue weighted by Crippen LogP contribution is -2.40. The molecule has 2 nitrogen and oxygen atoms in total. The Morgan fingerprint density at radius 2 is 1.90 bits per heavy atom. The minimum atomic E-state index is 0.234. The molecular formula is C19H30O2. The van der Waals surface area contributed by atoms with Gasteiger partial charge in [-0.3, -0.25) is 0 Å². The molecule has 1 saturated heterocycles. The molecule has 2 atom stereocenters. The molecule has 2 heteroatoms. The molecule has 0 aromatic heterocycles. The second-order valence-electron chi connectivity index (χ2n) is 6.89. The van der Waals surface area contributed by atoms with E-state index < -0.39 is 0 Å². The summed E-state index contributed by atoms with van der Waals surface area (Å²) in [6.45, 7) is 9.81. The van der Waals surface area contributed by atoms with Gasteiger partial charge in [-0.2, -0.15) is 0 Å². The van der Waals surface area contributed by atoms with Crippen LogP contribution in [-0.4, -0.2) is 12.7 Å². The first kappa shape index (κ1) is 16.4. The lowest BCUT2D eigenvalue weighted by molar-refractivity contribution is -0.172. The van der Waals surface area contributed by atoms with E-state index in [0.717, 1.165) is 25.2 Å². The van der Waals surface area contributed by atoms with E-state index in [-0.39, 0.29) is 11.5 Å². The van der Waals surface area contributed by atoms with Gasteiger partial charge in [-0.15, -0.1) is 0 Å². The molecule has 1 aliphatic rings. The summed E-state index contributed by atoms with van der Waals surface area (Å²) in [5.74, 6) is 0.985. The number of hydrogen-bond acceptors (Lipinski definition) is 2. The lowest BCUT2D eigenvalue weighted by Gasteiger charge is -2.44. The summed E-state index contributed by atoms with van der Waals surface area (Å²) in [7, 11) is 0. The summed E-state index contributed by atoms with van der Waals surface area (Å²) >= 11 is 0. The van der Waals surface area contributed by atoms with E-state index in [9.17, 15) is 0 Å². The summed E-state index contributed by atoms with van der Waals surface area (Å²) in [6.07, 6.45) is 6.64. The van der Waals surface area contributed by atoms with Gasteiger partial charge in [0.15, 0.2) is 0 Å². The van der Waals surface area contributed by atoms with Gasteiger partial charge in [-0.05, 0) is 37.0 Å². The molecule has 0 saturated carbocycles. The van der Waals surface area contributed by atoms with Crippen molar-refractivity contribution in [3.8, 4) is 5.75 Å². The highest BCUT2D eigenvalue weighted by Crippen LogP contribution is 2.45. The molecule has 118 valence electrons. The number of unbranched alkanes of at least 4 members (excludes halogenated alkanes) is 2. The Kier molecular flexibility index (Phi) is 5.69. The Morgan fingerprint density at radius 1 is 1.19 bits per heavy atom. The fourth-order valence-electron chi connectivity index (χ4n) is 2.93. The average molecular weight is 290 g/mol. The van der Waals surface area contributed by atoms with Gasteiger partial charge in [0, 0.05) is 5.41 Å². The Morgan fingerprint density at radius 3 is 2.38 bits per heavy atom. The summed E-state index contributed by atoms with van der Waals surface area (Å²) < 4.78 is 11.8. The third-order valence-electron chi connectivity index (χ3n) is 4.40. The lowest BCUT2D eigenvalue weighted by atomic mass is 9.79. The van der Waals surface area contributed by atoms with Crippen LogP contribution in [-0.2, 0) is 4.74 Å². The zero-order chi connectivity index (χ0) is 15.3.